The fourth-order valence-electron chi connectivity index (χ4n) is 1.35. The van der Waals surface area contributed by atoms with Crippen LogP contribution in [0.15, 0.2) is 18.2 Å². The van der Waals surface area contributed by atoms with Crippen molar-refractivity contribution in [2.24, 2.45) is 0 Å². The summed E-state index contributed by atoms with van der Waals surface area (Å²) in [7, 11) is 1.61. The van der Waals surface area contributed by atoms with E-state index < -0.39 is 11.6 Å². The summed E-state index contributed by atoms with van der Waals surface area (Å²) in [5.41, 5.74) is 0.674. The van der Waals surface area contributed by atoms with Crippen molar-refractivity contribution < 1.29 is 13.5 Å². The van der Waals surface area contributed by atoms with Crippen molar-refractivity contribution in [3.63, 3.8) is 0 Å². The first-order valence-electron chi connectivity index (χ1n) is 4.88. The second-order valence-corrected chi connectivity index (χ2v) is 3.17. The first-order chi connectivity index (χ1) is 7.19. The number of hydrogen-bond donors (Lipinski definition) is 0. The number of methoxy groups -OCH3 is 1. The van der Waals surface area contributed by atoms with E-state index in [-0.39, 0.29) is 0 Å². The van der Waals surface area contributed by atoms with Crippen molar-refractivity contribution in [3.8, 4) is 0 Å². The Bertz CT molecular complexity index is 317. The number of halogens is 2. The zero-order valence-electron chi connectivity index (χ0n) is 8.96. The molecule has 0 aromatic heterocycles. The quantitative estimate of drug-likeness (QED) is 0.748. The van der Waals surface area contributed by atoms with E-state index in [0.717, 1.165) is 12.6 Å². The van der Waals surface area contributed by atoms with Crippen molar-refractivity contribution in [2.75, 3.05) is 31.7 Å². The molecule has 1 rings (SSSR count). The minimum absolute atomic E-state index is 0.562. The Labute approximate surface area is 88.5 Å². The summed E-state index contributed by atoms with van der Waals surface area (Å²) >= 11 is 0. The molecule has 0 radical (unpaired) electrons. The molecular formula is C11H15F2NO. The molecule has 0 bridgehead atoms. The van der Waals surface area contributed by atoms with Gasteiger partial charge in [-0.15, -0.1) is 0 Å². The molecule has 4 heteroatoms. The maximum atomic E-state index is 13.0. The smallest absolute Gasteiger partial charge is 0.160 e. The Balaban J connectivity index is 2.78. The van der Waals surface area contributed by atoms with E-state index in [4.69, 9.17) is 4.74 Å². The van der Waals surface area contributed by atoms with Gasteiger partial charge in [-0.25, -0.2) is 8.78 Å². The maximum Gasteiger partial charge on any atom is 0.160 e. The van der Waals surface area contributed by atoms with E-state index in [2.05, 4.69) is 0 Å². The highest BCUT2D eigenvalue weighted by molar-refractivity contribution is 5.46. The van der Waals surface area contributed by atoms with E-state index >= 15 is 0 Å². The molecule has 0 saturated heterocycles. The summed E-state index contributed by atoms with van der Waals surface area (Å²) in [6.45, 7) is 3.91. The van der Waals surface area contributed by atoms with Crippen LogP contribution in [0.5, 0.6) is 0 Å². The van der Waals surface area contributed by atoms with Gasteiger partial charge < -0.3 is 9.64 Å². The zero-order chi connectivity index (χ0) is 11.3. The molecule has 0 spiro atoms. The minimum atomic E-state index is -0.818. The Morgan fingerprint density at radius 1 is 1.27 bits per heavy atom. The normalized spacial score (nSPS) is 10.4. The standard InChI is InChI=1S/C11H15F2NO/c1-3-14(6-7-15-2)9-4-5-10(12)11(13)8-9/h4-5,8H,3,6-7H2,1-2H3. The van der Waals surface area contributed by atoms with Crippen LogP contribution in [0.1, 0.15) is 6.92 Å². The Kier molecular flexibility index (Phi) is 4.49. The summed E-state index contributed by atoms with van der Waals surface area (Å²) < 4.78 is 30.6. The van der Waals surface area contributed by atoms with E-state index in [1.165, 1.54) is 6.07 Å². The van der Waals surface area contributed by atoms with Gasteiger partial charge in [0, 0.05) is 32.0 Å². The molecule has 0 aliphatic heterocycles. The third-order valence-corrected chi connectivity index (χ3v) is 2.22. The average Bonchev–Trinajstić information content (AvgIpc) is 2.24. The molecule has 0 saturated carbocycles. The largest absolute Gasteiger partial charge is 0.383 e. The number of anilines is 1. The lowest BCUT2D eigenvalue weighted by molar-refractivity contribution is 0.205. The molecule has 0 heterocycles. The van der Waals surface area contributed by atoms with Crippen molar-refractivity contribution in [3.05, 3.63) is 29.8 Å². The van der Waals surface area contributed by atoms with Crippen LogP contribution >= 0.6 is 0 Å². The summed E-state index contributed by atoms with van der Waals surface area (Å²) in [6.07, 6.45) is 0. The maximum absolute atomic E-state index is 13.0. The predicted octanol–water partition coefficient (Wildman–Crippen LogP) is 2.44. The van der Waals surface area contributed by atoms with Crippen molar-refractivity contribution in [1.29, 1.82) is 0 Å². The third-order valence-electron chi connectivity index (χ3n) is 2.22. The highest BCUT2D eigenvalue weighted by Crippen LogP contribution is 2.17. The van der Waals surface area contributed by atoms with Crippen LogP contribution in [-0.4, -0.2) is 26.8 Å². The van der Waals surface area contributed by atoms with Gasteiger partial charge in [0.2, 0.25) is 0 Å². The molecule has 0 fully saturated rings. The van der Waals surface area contributed by atoms with Crippen LogP contribution in [-0.2, 0) is 4.74 Å². The molecule has 0 aliphatic carbocycles. The molecular weight excluding hydrogens is 200 g/mol. The zero-order valence-corrected chi connectivity index (χ0v) is 8.96. The highest BCUT2D eigenvalue weighted by Gasteiger charge is 2.07. The molecule has 1 aromatic rings. The van der Waals surface area contributed by atoms with Gasteiger partial charge in [0.15, 0.2) is 11.6 Å². The molecule has 15 heavy (non-hydrogen) atoms. The van der Waals surface area contributed by atoms with E-state index in [1.807, 2.05) is 11.8 Å². The predicted molar refractivity (Wildman–Crippen MR) is 56.1 cm³/mol. The topological polar surface area (TPSA) is 12.5 Å². The lowest BCUT2D eigenvalue weighted by Gasteiger charge is -2.22. The minimum Gasteiger partial charge on any atom is -0.383 e. The van der Waals surface area contributed by atoms with Crippen LogP contribution in [0.25, 0.3) is 0 Å². The van der Waals surface area contributed by atoms with Gasteiger partial charge in [0.1, 0.15) is 0 Å². The first kappa shape index (κ1) is 11.9. The SMILES string of the molecule is CCN(CCOC)c1ccc(F)c(F)c1. The van der Waals surface area contributed by atoms with Crippen molar-refractivity contribution >= 4 is 5.69 Å². The van der Waals surface area contributed by atoms with Crippen LogP contribution in [0.2, 0.25) is 0 Å². The molecule has 0 amide bonds. The number of nitrogens with zero attached hydrogens (tertiary/aromatic N) is 1. The first-order valence-corrected chi connectivity index (χ1v) is 4.88. The van der Waals surface area contributed by atoms with Crippen LogP contribution in [0.3, 0.4) is 0 Å². The van der Waals surface area contributed by atoms with Gasteiger partial charge in [0.25, 0.3) is 0 Å². The molecule has 1 aromatic carbocycles. The number of likely N-dealkylation sites (N-methyl/N-ethyl adjacent to an activating group) is 1. The summed E-state index contributed by atoms with van der Waals surface area (Å²) in [4.78, 5) is 1.92. The number of hydrogen-bond acceptors (Lipinski definition) is 2. The monoisotopic (exact) mass is 215 g/mol. The Morgan fingerprint density at radius 3 is 2.53 bits per heavy atom. The number of rotatable bonds is 5. The lowest BCUT2D eigenvalue weighted by Crippen LogP contribution is -2.26. The van der Waals surface area contributed by atoms with Crippen LogP contribution in [0, 0.1) is 11.6 Å². The second-order valence-electron chi connectivity index (χ2n) is 3.17. The van der Waals surface area contributed by atoms with Gasteiger partial charge in [-0.05, 0) is 19.1 Å². The molecule has 2 nitrogen and oxygen atoms in total. The Morgan fingerprint density at radius 2 is 2.00 bits per heavy atom. The van der Waals surface area contributed by atoms with E-state index in [0.29, 0.717) is 18.8 Å². The average molecular weight is 215 g/mol. The van der Waals surface area contributed by atoms with Crippen molar-refractivity contribution in [1.82, 2.24) is 0 Å². The van der Waals surface area contributed by atoms with Gasteiger partial charge in [-0.1, -0.05) is 0 Å². The van der Waals surface area contributed by atoms with E-state index in [1.54, 1.807) is 13.2 Å². The third kappa shape index (κ3) is 3.16. The number of ether oxygens (including phenoxy) is 1. The van der Waals surface area contributed by atoms with Gasteiger partial charge in [-0.2, -0.15) is 0 Å². The summed E-state index contributed by atoms with van der Waals surface area (Å²) in [6, 6.07) is 3.91. The molecule has 0 aliphatic rings. The fraction of sp³-hybridized carbons (Fsp3) is 0.455. The molecule has 84 valence electrons. The fourth-order valence-corrected chi connectivity index (χ4v) is 1.35. The lowest BCUT2D eigenvalue weighted by atomic mass is 10.2. The molecule has 0 atom stereocenters. The Hall–Kier alpha value is -1.16. The van der Waals surface area contributed by atoms with Crippen LogP contribution < -0.4 is 4.90 Å². The van der Waals surface area contributed by atoms with Gasteiger partial charge in [-0.3, -0.25) is 0 Å². The number of benzene rings is 1. The summed E-state index contributed by atoms with van der Waals surface area (Å²) in [5, 5.41) is 0. The highest BCUT2D eigenvalue weighted by atomic mass is 19.2. The van der Waals surface area contributed by atoms with Gasteiger partial charge >= 0.3 is 0 Å². The van der Waals surface area contributed by atoms with Crippen molar-refractivity contribution in [2.45, 2.75) is 6.92 Å². The molecule has 0 unspecified atom stereocenters. The molecule has 0 N–H and O–H groups in total. The second kappa shape index (κ2) is 5.66. The van der Waals surface area contributed by atoms with E-state index in [9.17, 15) is 8.78 Å². The summed E-state index contributed by atoms with van der Waals surface area (Å²) in [5.74, 6) is -1.63. The van der Waals surface area contributed by atoms with Crippen LogP contribution in [0.4, 0.5) is 14.5 Å². The van der Waals surface area contributed by atoms with Gasteiger partial charge in [0.05, 0.1) is 6.61 Å².